The largest absolute Gasteiger partial charge is 0.313 e. The van der Waals surface area contributed by atoms with E-state index in [1.807, 2.05) is 7.05 Å². The summed E-state index contributed by atoms with van der Waals surface area (Å²) < 4.78 is 13.8. The zero-order valence-electron chi connectivity index (χ0n) is 11.7. The van der Waals surface area contributed by atoms with E-state index in [0.717, 1.165) is 19.3 Å². The predicted molar refractivity (Wildman–Crippen MR) is 76.5 cm³/mol. The van der Waals surface area contributed by atoms with Gasteiger partial charge in [-0.1, -0.05) is 44.9 Å². The summed E-state index contributed by atoms with van der Waals surface area (Å²) >= 11 is 6.09. The lowest BCUT2D eigenvalue weighted by atomic mass is 9.88. The van der Waals surface area contributed by atoms with E-state index in [9.17, 15) is 4.39 Å². The second-order valence-electron chi connectivity index (χ2n) is 5.93. The van der Waals surface area contributed by atoms with Crippen molar-refractivity contribution >= 4 is 11.6 Å². The molecule has 0 bridgehead atoms. The Morgan fingerprint density at radius 3 is 2.50 bits per heavy atom. The Labute approximate surface area is 115 Å². The standard InChI is InChI=1S/C15H23ClFN/c1-15(2,3)10-6-9-13(18-4)14-11(16)7-5-8-12(14)17/h5,7-8,13,18H,6,9-10H2,1-4H3. The molecule has 0 aliphatic heterocycles. The van der Waals surface area contributed by atoms with Gasteiger partial charge in [-0.2, -0.15) is 0 Å². The maximum absolute atomic E-state index is 13.8. The van der Waals surface area contributed by atoms with Crippen molar-refractivity contribution in [2.75, 3.05) is 7.05 Å². The molecule has 0 amide bonds. The zero-order chi connectivity index (χ0) is 13.8. The Morgan fingerprint density at radius 2 is 2.00 bits per heavy atom. The van der Waals surface area contributed by atoms with Gasteiger partial charge < -0.3 is 5.32 Å². The van der Waals surface area contributed by atoms with Crippen LogP contribution in [0.2, 0.25) is 5.02 Å². The molecule has 0 spiro atoms. The minimum absolute atomic E-state index is 0.0129. The molecule has 1 N–H and O–H groups in total. The van der Waals surface area contributed by atoms with Crippen molar-refractivity contribution in [2.24, 2.45) is 5.41 Å². The van der Waals surface area contributed by atoms with Crippen LogP contribution in [0.25, 0.3) is 0 Å². The van der Waals surface area contributed by atoms with E-state index in [4.69, 9.17) is 11.6 Å². The minimum Gasteiger partial charge on any atom is -0.313 e. The molecule has 1 aromatic rings. The minimum atomic E-state index is -0.224. The molecule has 0 saturated carbocycles. The monoisotopic (exact) mass is 271 g/mol. The van der Waals surface area contributed by atoms with Gasteiger partial charge in [0, 0.05) is 16.6 Å². The molecule has 0 fully saturated rings. The molecule has 1 rings (SSSR count). The number of halogens is 2. The van der Waals surface area contributed by atoms with E-state index in [-0.39, 0.29) is 11.9 Å². The number of rotatable bonds is 5. The highest BCUT2D eigenvalue weighted by atomic mass is 35.5. The van der Waals surface area contributed by atoms with Gasteiger partial charge in [-0.05, 0) is 37.4 Å². The second-order valence-corrected chi connectivity index (χ2v) is 6.34. The molecule has 1 atom stereocenters. The van der Waals surface area contributed by atoms with Crippen molar-refractivity contribution in [2.45, 2.75) is 46.1 Å². The average molecular weight is 272 g/mol. The molecule has 18 heavy (non-hydrogen) atoms. The van der Waals surface area contributed by atoms with Crippen molar-refractivity contribution in [3.05, 3.63) is 34.6 Å². The van der Waals surface area contributed by atoms with Crippen LogP contribution in [0.1, 0.15) is 51.6 Å². The Hall–Kier alpha value is -0.600. The molecule has 1 aromatic carbocycles. The van der Waals surface area contributed by atoms with Crippen LogP contribution in [0.4, 0.5) is 4.39 Å². The third-order valence-electron chi connectivity index (χ3n) is 3.12. The van der Waals surface area contributed by atoms with E-state index in [1.54, 1.807) is 12.1 Å². The smallest absolute Gasteiger partial charge is 0.129 e. The van der Waals surface area contributed by atoms with E-state index in [0.29, 0.717) is 16.0 Å². The van der Waals surface area contributed by atoms with Crippen LogP contribution in [0.3, 0.4) is 0 Å². The summed E-state index contributed by atoms with van der Waals surface area (Å²) in [4.78, 5) is 0. The zero-order valence-corrected chi connectivity index (χ0v) is 12.4. The average Bonchev–Trinajstić information content (AvgIpc) is 2.25. The summed E-state index contributed by atoms with van der Waals surface area (Å²) in [6.07, 6.45) is 3.07. The van der Waals surface area contributed by atoms with Gasteiger partial charge in [0.25, 0.3) is 0 Å². The highest BCUT2D eigenvalue weighted by molar-refractivity contribution is 6.31. The first kappa shape index (κ1) is 15.5. The first-order valence-electron chi connectivity index (χ1n) is 6.46. The highest BCUT2D eigenvalue weighted by Gasteiger charge is 2.18. The number of benzene rings is 1. The summed E-state index contributed by atoms with van der Waals surface area (Å²) in [7, 11) is 1.85. The first-order valence-corrected chi connectivity index (χ1v) is 6.84. The Kier molecular flexibility index (Phi) is 5.61. The van der Waals surface area contributed by atoms with Gasteiger partial charge in [-0.3, -0.25) is 0 Å². The molecule has 1 nitrogen and oxygen atoms in total. The fourth-order valence-electron chi connectivity index (χ4n) is 2.11. The second kappa shape index (κ2) is 6.53. The van der Waals surface area contributed by atoms with Gasteiger partial charge >= 0.3 is 0 Å². The SMILES string of the molecule is CNC(CCCC(C)(C)C)c1c(F)cccc1Cl. The maximum atomic E-state index is 13.8. The van der Waals surface area contributed by atoms with Crippen LogP contribution in [-0.2, 0) is 0 Å². The van der Waals surface area contributed by atoms with Crippen LogP contribution in [0, 0.1) is 11.2 Å². The fourth-order valence-corrected chi connectivity index (χ4v) is 2.41. The summed E-state index contributed by atoms with van der Waals surface area (Å²) in [6.45, 7) is 6.66. The lowest BCUT2D eigenvalue weighted by Gasteiger charge is -2.22. The van der Waals surface area contributed by atoms with Gasteiger partial charge in [-0.15, -0.1) is 0 Å². The van der Waals surface area contributed by atoms with Crippen molar-refractivity contribution in [3.8, 4) is 0 Å². The maximum Gasteiger partial charge on any atom is 0.129 e. The lowest BCUT2D eigenvalue weighted by molar-refractivity contribution is 0.345. The quantitative estimate of drug-likeness (QED) is 0.798. The Morgan fingerprint density at radius 1 is 1.33 bits per heavy atom. The fraction of sp³-hybridized carbons (Fsp3) is 0.600. The molecule has 0 saturated heterocycles. The van der Waals surface area contributed by atoms with Crippen LogP contribution >= 0.6 is 11.6 Å². The molecule has 0 heterocycles. The van der Waals surface area contributed by atoms with Crippen LogP contribution in [-0.4, -0.2) is 7.05 Å². The lowest BCUT2D eigenvalue weighted by Crippen LogP contribution is -2.19. The predicted octanol–water partition coefficient (Wildman–Crippen LogP) is 4.96. The normalized spacial score (nSPS) is 13.7. The third kappa shape index (κ3) is 4.58. The summed E-state index contributed by atoms with van der Waals surface area (Å²) in [5.41, 5.74) is 0.910. The van der Waals surface area contributed by atoms with Crippen molar-refractivity contribution < 1.29 is 4.39 Å². The van der Waals surface area contributed by atoms with Gasteiger partial charge in [0.1, 0.15) is 5.82 Å². The van der Waals surface area contributed by atoms with Gasteiger partial charge in [-0.25, -0.2) is 4.39 Å². The van der Waals surface area contributed by atoms with Crippen molar-refractivity contribution in [1.82, 2.24) is 5.32 Å². The first-order chi connectivity index (χ1) is 8.35. The Balaban J connectivity index is 2.72. The van der Waals surface area contributed by atoms with E-state index < -0.39 is 0 Å². The highest BCUT2D eigenvalue weighted by Crippen LogP contribution is 2.31. The van der Waals surface area contributed by atoms with Gasteiger partial charge in [0.2, 0.25) is 0 Å². The van der Waals surface area contributed by atoms with Crippen LogP contribution < -0.4 is 5.32 Å². The summed E-state index contributed by atoms with van der Waals surface area (Å²) in [5.74, 6) is -0.224. The topological polar surface area (TPSA) is 12.0 Å². The Bertz CT molecular complexity index is 364. The molecule has 0 aromatic heterocycles. The van der Waals surface area contributed by atoms with E-state index in [2.05, 4.69) is 26.1 Å². The third-order valence-corrected chi connectivity index (χ3v) is 3.45. The number of hydrogen-bond donors (Lipinski definition) is 1. The van der Waals surface area contributed by atoms with E-state index >= 15 is 0 Å². The van der Waals surface area contributed by atoms with Gasteiger partial charge in [0.15, 0.2) is 0 Å². The molecule has 0 radical (unpaired) electrons. The summed E-state index contributed by atoms with van der Waals surface area (Å²) in [6, 6.07) is 4.84. The van der Waals surface area contributed by atoms with Crippen LogP contribution in [0.5, 0.6) is 0 Å². The summed E-state index contributed by atoms with van der Waals surface area (Å²) in [5, 5.41) is 3.67. The van der Waals surface area contributed by atoms with Crippen molar-refractivity contribution in [1.29, 1.82) is 0 Å². The van der Waals surface area contributed by atoms with Crippen molar-refractivity contribution in [3.63, 3.8) is 0 Å². The van der Waals surface area contributed by atoms with E-state index in [1.165, 1.54) is 6.07 Å². The molecule has 102 valence electrons. The number of nitrogens with one attached hydrogen (secondary N) is 1. The molecular weight excluding hydrogens is 249 g/mol. The number of hydrogen-bond acceptors (Lipinski definition) is 1. The molecule has 1 unspecified atom stereocenters. The van der Waals surface area contributed by atoms with Crippen LogP contribution in [0.15, 0.2) is 18.2 Å². The van der Waals surface area contributed by atoms with Gasteiger partial charge in [0.05, 0.1) is 0 Å². The molecule has 3 heteroatoms. The molecular formula is C15H23ClFN. The molecule has 0 aliphatic carbocycles. The molecule has 0 aliphatic rings.